The van der Waals surface area contributed by atoms with Crippen LogP contribution in [0.3, 0.4) is 0 Å². The maximum absolute atomic E-state index is 13.5. The highest BCUT2D eigenvalue weighted by atomic mass is 19.1. The fourth-order valence-corrected chi connectivity index (χ4v) is 1.69. The highest BCUT2D eigenvalue weighted by Crippen LogP contribution is 2.21. The summed E-state index contributed by atoms with van der Waals surface area (Å²) in [7, 11) is 0. The summed E-state index contributed by atoms with van der Waals surface area (Å²) in [6.07, 6.45) is 1.40. The van der Waals surface area contributed by atoms with Crippen LogP contribution in [-0.2, 0) is 0 Å². The molecule has 0 saturated heterocycles. The predicted octanol–water partition coefficient (Wildman–Crippen LogP) is 2.66. The topological polar surface area (TPSA) is 56.0 Å². The summed E-state index contributed by atoms with van der Waals surface area (Å²) in [6.45, 7) is 2.39. The minimum atomic E-state index is -0.773. The van der Waals surface area contributed by atoms with Crippen LogP contribution >= 0.6 is 0 Å². The zero-order chi connectivity index (χ0) is 13.5. The summed E-state index contributed by atoms with van der Waals surface area (Å²) in [5.41, 5.74) is -0.261. The Morgan fingerprint density at radius 1 is 1.39 bits per heavy atom. The van der Waals surface area contributed by atoms with Gasteiger partial charge in [-0.2, -0.15) is 5.26 Å². The van der Waals surface area contributed by atoms with Crippen LogP contribution in [0, 0.1) is 28.9 Å². The molecule has 0 aliphatic rings. The van der Waals surface area contributed by atoms with Gasteiger partial charge in [-0.05, 0) is 24.5 Å². The van der Waals surface area contributed by atoms with Crippen LogP contribution in [0.2, 0.25) is 0 Å². The Morgan fingerprint density at radius 2 is 2.00 bits per heavy atom. The van der Waals surface area contributed by atoms with Gasteiger partial charge in [0.1, 0.15) is 5.69 Å². The molecule has 18 heavy (non-hydrogen) atoms. The minimum absolute atomic E-state index is 0.0436. The van der Waals surface area contributed by atoms with Crippen molar-refractivity contribution in [2.45, 2.75) is 19.8 Å². The molecule has 0 fully saturated rings. The summed E-state index contributed by atoms with van der Waals surface area (Å²) < 4.78 is 27.1. The fourth-order valence-electron chi connectivity index (χ4n) is 1.69. The molecule has 3 nitrogen and oxygen atoms in total. The lowest BCUT2D eigenvalue weighted by molar-refractivity contribution is 0.258. The molecule has 0 saturated carbocycles. The number of nitriles is 1. The molecule has 2 N–H and O–H groups in total. The summed E-state index contributed by atoms with van der Waals surface area (Å²) in [4.78, 5) is 0. The third kappa shape index (κ3) is 3.67. The van der Waals surface area contributed by atoms with Crippen LogP contribution in [0.1, 0.15) is 25.3 Å². The molecule has 1 aromatic carbocycles. The van der Waals surface area contributed by atoms with E-state index in [-0.39, 0.29) is 23.8 Å². The molecule has 0 bridgehead atoms. The lowest BCUT2D eigenvalue weighted by atomic mass is 10.0. The van der Waals surface area contributed by atoms with Gasteiger partial charge in [-0.3, -0.25) is 0 Å². The molecule has 0 aliphatic heterocycles. The molecule has 0 amide bonds. The van der Waals surface area contributed by atoms with E-state index in [4.69, 9.17) is 10.4 Å². The summed E-state index contributed by atoms with van der Waals surface area (Å²) in [6, 6.07) is 3.69. The highest BCUT2D eigenvalue weighted by Gasteiger charge is 2.13. The van der Waals surface area contributed by atoms with Crippen molar-refractivity contribution in [1.82, 2.24) is 0 Å². The zero-order valence-corrected chi connectivity index (χ0v) is 10.2. The number of rotatable bonds is 6. The van der Waals surface area contributed by atoms with E-state index < -0.39 is 11.6 Å². The first-order valence-electron chi connectivity index (χ1n) is 5.86. The van der Waals surface area contributed by atoms with Gasteiger partial charge in [0, 0.05) is 13.2 Å². The molecule has 0 radical (unpaired) electrons. The monoisotopic (exact) mass is 254 g/mol. The molecular weight excluding hydrogens is 238 g/mol. The lowest BCUT2D eigenvalue weighted by Crippen LogP contribution is -2.16. The average molecular weight is 254 g/mol. The Bertz CT molecular complexity index is 420. The van der Waals surface area contributed by atoms with E-state index in [0.29, 0.717) is 13.0 Å². The Labute approximate surface area is 105 Å². The fraction of sp³-hybridized carbons (Fsp3) is 0.462. The third-order valence-corrected chi connectivity index (χ3v) is 2.85. The number of nitrogens with zero attached hydrogens (tertiary/aromatic N) is 1. The number of nitrogens with one attached hydrogen (secondary N) is 1. The van der Waals surface area contributed by atoms with Crippen LogP contribution in [0.25, 0.3) is 0 Å². The van der Waals surface area contributed by atoms with E-state index in [1.807, 2.05) is 6.92 Å². The van der Waals surface area contributed by atoms with Crippen LogP contribution in [0.5, 0.6) is 0 Å². The van der Waals surface area contributed by atoms with Gasteiger partial charge < -0.3 is 10.4 Å². The largest absolute Gasteiger partial charge is 0.396 e. The van der Waals surface area contributed by atoms with E-state index in [9.17, 15) is 8.78 Å². The standard InChI is InChI=1S/C13H16F2N2O/c1-2-9(3-4-18)8-17-13-11(14)5-10(7-16)6-12(13)15/h5-6,9,17-18H,2-4,8H2,1H3. The van der Waals surface area contributed by atoms with Crippen molar-refractivity contribution in [3.05, 3.63) is 29.3 Å². The maximum atomic E-state index is 13.5. The molecule has 1 atom stereocenters. The van der Waals surface area contributed by atoms with Crippen molar-refractivity contribution in [3.63, 3.8) is 0 Å². The van der Waals surface area contributed by atoms with Crippen LogP contribution in [-0.4, -0.2) is 18.3 Å². The number of aliphatic hydroxyl groups is 1. The van der Waals surface area contributed by atoms with E-state index >= 15 is 0 Å². The molecule has 1 unspecified atom stereocenters. The molecule has 98 valence electrons. The molecule has 0 heterocycles. The van der Waals surface area contributed by atoms with Gasteiger partial charge in [-0.25, -0.2) is 8.78 Å². The summed E-state index contributed by atoms with van der Waals surface area (Å²) >= 11 is 0. The van der Waals surface area contributed by atoms with E-state index in [2.05, 4.69) is 5.32 Å². The molecule has 0 aliphatic carbocycles. The van der Waals surface area contributed by atoms with Gasteiger partial charge in [0.15, 0.2) is 11.6 Å². The zero-order valence-electron chi connectivity index (χ0n) is 10.2. The molecule has 1 aromatic rings. The quantitative estimate of drug-likeness (QED) is 0.820. The van der Waals surface area contributed by atoms with Crippen molar-refractivity contribution in [3.8, 4) is 6.07 Å². The van der Waals surface area contributed by atoms with Gasteiger partial charge in [-0.1, -0.05) is 13.3 Å². The second kappa shape index (κ2) is 6.92. The number of halogens is 2. The van der Waals surface area contributed by atoms with Gasteiger partial charge in [0.2, 0.25) is 0 Å². The highest BCUT2D eigenvalue weighted by molar-refractivity contribution is 5.50. The number of anilines is 1. The first kappa shape index (κ1) is 14.4. The van der Waals surface area contributed by atoms with Crippen molar-refractivity contribution in [2.24, 2.45) is 5.92 Å². The normalized spacial score (nSPS) is 11.9. The first-order chi connectivity index (χ1) is 8.62. The Morgan fingerprint density at radius 3 is 2.44 bits per heavy atom. The van der Waals surface area contributed by atoms with Crippen LogP contribution in [0.15, 0.2) is 12.1 Å². The maximum Gasteiger partial charge on any atom is 0.150 e. The molecule has 5 heteroatoms. The number of hydrogen-bond acceptors (Lipinski definition) is 3. The Kier molecular flexibility index (Phi) is 5.53. The average Bonchev–Trinajstić information content (AvgIpc) is 2.36. The molecule has 1 rings (SSSR count). The number of hydrogen-bond donors (Lipinski definition) is 2. The van der Waals surface area contributed by atoms with Crippen molar-refractivity contribution in [2.75, 3.05) is 18.5 Å². The lowest BCUT2D eigenvalue weighted by Gasteiger charge is -2.16. The van der Waals surface area contributed by atoms with Crippen molar-refractivity contribution >= 4 is 5.69 Å². The van der Waals surface area contributed by atoms with Gasteiger partial charge in [0.25, 0.3) is 0 Å². The second-order valence-electron chi connectivity index (χ2n) is 4.09. The van der Waals surface area contributed by atoms with Crippen LogP contribution in [0.4, 0.5) is 14.5 Å². The van der Waals surface area contributed by atoms with E-state index in [1.54, 1.807) is 6.07 Å². The summed E-state index contributed by atoms with van der Waals surface area (Å²) in [5.74, 6) is -1.39. The number of aliphatic hydroxyl groups excluding tert-OH is 1. The third-order valence-electron chi connectivity index (χ3n) is 2.85. The van der Waals surface area contributed by atoms with Gasteiger partial charge >= 0.3 is 0 Å². The van der Waals surface area contributed by atoms with Crippen LogP contribution < -0.4 is 5.32 Å². The second-order valence-corrected chi connectivity index (χ2v) is 4.09. The molecule has 0 spiro atoms. The Balaban J connectivity index is 2.76. The van der Waals surface area contributed by atoms with E-state index in [0.717, 1.165) is 18.6 Å². The molecular formula is C13H16F2N2O. The van der Waals surface area contributed by atoms with Gasteiger partial charge in [0.05, 0.1) is 11.6 Å². The number of benzene rings is 1. The Hall–Kier alpha value is -1.67. The predicted molar refractivity (Wildman–Crippen MR) is 65.0 cm³/mol. The minimum Gasteiger partial charge on any atom is -0.396 e. The molecule has 0 aromatic heterocycles. The summed E-state index contributed by atoms with van der Waals surface area (Å²) in [5, 5.41) is 20.1. The first-order valence-corrected chi connectivity index (χ1v) is 5.86. The smallest absolute Gasteiger partial charge is 0.150 e. The van der Waals surface area contributed by atoms with E-state index in [1.165, 1.54) is 0 Å². The SMILES string of the molecule is CCC(CCO)CNc1c(F)cc(C#N)cc1F. The van der Waals surface area contributed by atoms with Gasteiger partial charge in [-0.15, -0.1) is 0 Å². The van der Waals surface area contributed by atoms with Crippen molar-refractivity contribution in [1.29, 1.82) is 5.26 Å². The van der Waals surface area contributed by atoms with Crippen molar-refractivity contribution < 1.29 is 13.9 Å².